The van der Waals surface area contributed by atoms with Crippen molar-refractivity contribution in [2.24, 2.45) is 0 Å². The van der Waals surface area contributed by atoms with Crippen LogP contribution < -0.4 is 22.2 Å². The molecule has 5 aromatic heterocycles. The molecule has 2 aliphatic rings. The lowest BCUT2D eigenvalue weighted by Gasteiger charge is -2.26. The predicted octanol–water partition coefficient (Wildman–Crippen LogP) is 19.4. The minimum atomic E-state index is -0.577. The van der Waals surface area contributed by atoms with Gasteiger partial charge in [-0.25, -0.2) is 14.5 Å². The molecule has 8 bridgehead atoms. The number of hydrogen-bond donors (Lipinski definition) is 2. The first-order valence-corrected chi connectivity index (χ1v) is 33.2. The van der Waals surface area contributed by atoms with Crippen LogP contribution in [-0.4, -0.2) is 29.1 Å². The van der Waals surface area contributed by atoms with Crippen LogP contribution in [-0.2, 0) is 39.0 Å². The highest BCUT2D eigenvalue weighted by Crippen LogP contribution is 2.44. The monoisotopic (exact) mass is 1250 g/mol. The molecule has 7 heterocycles. The minimum Gasteiger partial charge on any atom is -0.354 e. The molecule has 10 nitrogen and oxygen atoms in total. The van der Waals surface area contributed by atoms with E-state index in [9.17, 15) is 19.2 Å². The molecule has 2 N–H and O–H groups in total. The van der Waals surface area contributed by atoms with Gasteiger partial charge in [0.05, 0.1) is 56.6 Å². The Hall–Kier alpha value is -9.80. The molecule has 0 aliphatic carbocycles. The summed E-state index contributed by atoms with van der Waals surface area (Å²) in [7, 11) is 0. The van der Waals surface area contributed by atoms with Gasteiger partial charge in [-0.15, -0.1) is 0 Å². The first-order chi connectivity index (χ1) is 44.5. The average molecular weight is 1260 g/mol. The molecule has 0 radical (unpaired) electrons. The molecule has 6 aromatic carbocycles. The van der Waals surface area contributed by atoms with Gasteiger partial charge in [0.2, 0.25) is 0 Å². The van der Waals surface area contributed by atoms with Crippen LogP contribution in [0.3, 0.4) is 0 Å². The number of benzene rings is 6. The van der Waals surface area contributed by atoms with Crippen molar-refractivity contribution in [3.05, 3.63) is 249 Å². The zero-order valence-electron chi connectivity index (χ0n) is 58.3. The molecule has 0 saturated carbocycles. The lowest BCUT2D eigenvalue weighted by Crippen LogP contribution is -2.26. The zero-order chi connectivity index (χ0) is 68.0. The second-order valence-corrected chi connectivity index (χ2v) is 32.5. The smallest absolute Gasteiger partial charge is 0.266 e. The van der Waals surface area contributed by atoms with Crippen molar-refractivity contribution in [2.45, 2.75) is 164 Å². The van der Waals surface area contributed by atoms with Gasteiger partial charge in [-0.2, -0.15) is 0 Å². The number of nitrogens with one attached hydrogen (secondary N) is 2. The van der Waals surface area contributed by atoms with E-state index in [4.69, 9.17) is 9.97 Å². The Balaban J connectivity index is 1.12. The maximum atomic E-state index is 14.6. The molecule has 0 saturated heterocycles. The van der Waals surface area contributed by atoms with Gasteiger partial charge in [-0.1, -0.05) is 222 Å². The molecule has 95 heavy (non-hydrogen) atoms. The van der Waals surface area contributed by atoms with Crippen molar-refractivity contribution in [3.63, 3.8) is 0 Å². The Bertz CT molecular complexity index is 5210. The number of aromatic nitrogens is 6. The lowest BCUT2D eigenvalue weighted by atomic mass is 9.78. The molecule has 13 rings (SSSR count). The summed E-state index contributed by atoms with van der Waals surface area (Å²) >= 11 is 0. The minimum absolute atomic E-state index is 0.0702. The number of aromatic amines is 2. The van der Waals surface area contributed by atoms with Gasteiger partial charge in [-0.3, -0.25) is 23.7 Å². The molecule has 480 valence electrons. The van der Waals surface area contributed by atoms with Crippen LogP contribution in [0.5, 0.6) is 0 Å². The van der Waals surface area contributed by atoms with Crippen LogP contribution in [0.25, 0.3) is 118 Å². The summed E-state index contributed by atoms with van der Waals surface area (Å²) in [6.07, 6.45) is 8.57. The van der Waals surface area contributed by atoms with E-state index in [1.165, 1.54) is 45.5 Å². The van der Waals surface area contributed by atoms with Crippen LogP contribution in [0.15, 0.2) is 165 Å². The summed E-state index contributed by atoms with van der Waals surface area (Å²) in [5, 5.41) is 0.351. The van der Waals surface area contributed by atoms with Gasteiger partial charge < -0.3 is 9.97 Å². The summed E-state index contributed by atoms with van der Waals surface area (Å²) in [4.78, 5) is 76.4. The SMILES string of the molecule is CC(C)(C)c1cc(-c2c3nc(c(-c4cc(C(C)(C)C)cc(C(C)(C)C)c4)c4ccc([nH]4)c(-c4cc(C(C)(C)C)cc(C(C)(C)C)c4)c4nc(c(-c5ccc(-n6c(=O)c7cc8c(=O)n(Cc9ccccc9)c(=O)c8cc7c6=O)cc5)c5ccc2[nH]5)C=C4)C=C3)cc(C(C)(C)C)c1. The highest BCUT2D eigenvalue weighted by Gasteiger charge is 2.29. The van der Waals surface area contributed by atoms with E-state index in [1.807, 2.05) is 42.5 Å². The first-order valence-electron chi connectivity index (χ1n) is 33.2. The van der Waals surface area contributed by atoms with Crippen LogP contribution in [0, 0.1) is 0 Å². The van der Waals surface area contributed by atoms with E-state index >= 15 is 0 Å². The first kappa shape index (κ1) is 63.9. The summed E-state index contributed by atoms with van der Waals surface area (Å²) < 4.78 is 2.29. The Labute approximate surface area is 556 Å². The predicted molar refractivity (Wildman–Crippen MR) is 398 cm³/mol. The molecule has 0 fully saturated rings. The molecule has 11 aromatic rings. The molecule has 10 heteroatoms. The maximum Gasteiger partial charge on any atom is 0.266 e. The van der Waals surface area contributed by atoms with Crippen molar-refractivity contribution in [2.75, 3.05) is 0 Å². The highest BCUT2D eigenvalue weighted by atomic mass is 16.2. The summed E-state index contributed by atoms with van der Waals surface area (Å²) in [6, 6.07) is 49.3. The standard InChI is InChI=1S/C85H86N6O4/c1-80(2,3)53-36-50(37-54(42-53)81(4,5)6)73-66-30-28-64(86-66)72(49-24-26-59(27-25-49)91-78(94)62-45-60-61(46-63(62)79(91)95)77(93)90(76(60)92)47-48-22-20-19-21-23-48)65-29-31-67(87-65)74(51-38-55(82(7,8)9)43-56(39-51)83(10,11)12)69-33-35-71(89-69)75(70-34-32-68(73)88-70)52-40-57(84(13,14)15)44-58(41-52)85(16,17)18/h19-46,86,89H,47H2,1-18H3. The van der Waals surface area contributed by atoms with Crippen LogP contribution in [0.2, 0.25) is 0 Å². The molecule has 0 spiro atoms. The van der Waals surface area contributed by atoms with E-state index in [0.29, 0.717) is 11.4 Å². The van der Waals surface area contributed by atoms with Gasteiger partial charge >= 0.3 is 0 Å². The Morgan fingerprint density at radius 1 is 0.316 bits per heavy atom. The molecular formula is C85H86N6O4. The Kier molecular flexibility index (Phi) is 15.1. The van der Waals surface area contributed by atoms with Gasteiger partial charge in [0.1, 0.15) is 0 Å². The van der Waals surface area contributed by atoms with E-state index in [1.54, 1.807) is 12.1 Å². The van der Waals surface area contributed by atoms with E-state index in [2.05, 4.69) is 238 Å². The highest BCUT2D eigenvalue weighted by molar-refractivity contribution is 6.01. The molecule has 0 atom stereocenters. The molecule has 0 unspecified atom stereocenters. The summed E-state index contributed by atoms with van der Waals surface area (Å²) in [6.45, 7) is 41.0. The normalized spacial score (nSPS) is 13.3. The van der Waals surface area contributed by atoms with Gasteiger partial charge in [0.25, 0.3) is 22.2 Å². The van der Waals surface area contributed by atoms with Crippen molar-refractivity contribution in [1.82, 2.24) is 29.1 Å². The van der Waals surface area contributed by atoms with Crippen LogP contribution in [0.4, 0.5) is 0 Å². The number of nitrogens with zero attached hydrogens (tertiary/aromatic N) is 4. The van der Waals surface area contributed by atoms with Crippen LogP contribution in [0.1, 0.15) is 186 Å². The number of H-pyrrole nitrogens is 2. The van der Waals surface area contributed by atoms with Crippen molar-refractivity contribution in [1.29, 1.82) is 0 Å². The third-order valence-corrected chi connectivity index (χ3v) is 19.2. The fourth-order valence-electron chi connectivity index (χ4n) is 13.3. The quantitative estimate of drug-likeness (QED) is 0.163. The third-order valence-electron chi connectivity index (χ3n) is 19.2. The Morgan fingerprint density at radius 3 is 0.895 bits per heavy atom. The Morgan fingerprint density at radius 2 is 0.600 bits per heavy atom. The summed E-state index contributed by atoms with van der Waals surface area (Å²) in [5.74, 6) is 0. The average Bonchev–Trinajstić information content (AvgIpc) is 1.60. The fraction of sp³-hybridized carbons (Fsp3) is 0.294. The number of rotatable bonds is 7. The van der Waals surface area contributed by atoms with Crippen molar-refractivity contribution < 1.29 is 0 Å². The second kappa shape index (κ2) is 22.4. The van der Waals surface area contributed by atoms with Crippen molar-refractivity contribution >= 4 is 67.9 Å². The van der Waals surface area contributed by atoms with Gasteiger partial charge in [0, 0.05) is 44.3 Å². The largest absolute Gasteiger partial charge is 0.354 e. The molecular weight excluding hydrogens is 1170 g/mol. The fourth-order valence-corrected chi connectivity index (χ4v) is 13.3. The third kappa shape index (κ3) is 11.7. The van der Waals surface area contributed by atoms with E-state index in [0.717, 1.165) is 98.4 Å². The van der Waals surface area contributed by atoms with Crippen molar-refractivity contribution in [3.8, 4) is 50.2 Å². The maximum absolute atomic E-state index is 14.6. The zero-order valence-corrected chi connectivity index (χ0v) is 58.3. The van der Waals surface area contributed by atoms with E-state index in [-0.39, 0.29) is 60.6 Å². The van der Waals surface area contributed by atoms with E-state index < -0.39 is 22.2 Å². The topological polar surface area (TPSA) is 135 Å². The van der Waals surface area contributed by atoms with Crippen LogP contribution >= 0.6 is 0 Å². The number of hydrogen-bond acceptors (Lipinski definition) is 6. The molecule has 2 aliphatic heterocycles. The number of fused-ring (bicyclic) bond motifs is 10. The summed E-state index contributed by atoms with van der Waals surface area (Å²) in [5.41, 5.74) is 19.4. The van der Waals surface area contributed by atoms with Gasteiger partial charge in [0.15, 0.2) is 0 Å². The lowest BCUT2D eigenvalue weighted by molar-refractivity contribution is 0.568. The van der Waals surface area contributed by atoms with Gasteiger partial charge in [-0.05, 0) is 167 Å². The molecule has 0 amide bonds. The second-order valence-electron chi connectivity index (χ2n) is 32.5.